The zero-order chi connectivity index (χ0) is 12.8. The van der Waals surface area contributed by atoms with Gasteiger partial charge in [0.15, 0.2) is 0 Å². The van der Waals surface area contributed by atoms with Crippen LogP contribution in [-0.4, -0.2) is 29.6 Å². The Labute approximate surface area is 104 Å². The molecule has 0 unspecified atom stereocenters. The maximum atomic E-state index is 5.67. The Morgan fingerprint density at radius 1 is 1.35 bits per heavy atom. The third kappa shape index (κ3) is 4.30. The molecule has 0 aliphatic heterocycles. The van der Waals surface area contributed by atoms with Gasteiger partial charge in [-0.3, -0.25) is 0 Å². The molecule has 96 valence electrons. The van der Waals surface area contributed by atoms with E-state index in [9.17, 15) is 0 Å². The average molecular weight is 236 g/mol. The summed E-state index contributed by atoms with van der Waals surface area (Å²) < 4.78 is 0. The van der Waals surface area contributed by atoms with Crippen LogP contribution in [0.2, 0.25) is 0 Å². The maximum Gasteiger partial charge on any atom is 0.132 e. The van der Waals surface area contributed by atoms with Crippen molar-refractivity contribution < 1.29 is 0 Å². The fourth-order valence-corrected chi connectivity index (χ4v) is 1.85. The Kier molecular flexibility index (Phi) is 5.35. The first-order valence-electron chi connectivity index (χ1n) is 6.36. The molecule has 0 aliphatic carbocycles. The van der Waals surface area contributed by atoms with Gasteiger partial charge in [-0.25, -0.2) is 9.97 Å². The van der Waals surface area contributed by atoms with Crippen molar-refractivity contribution in [1.82, 2.24) is 9.97 Å². The third-order valence-corrected chi connectivity index (χ3v) is 2.55. The van der Waals surface area contributed by atoms with Gasteiger partial charge >= 0.3 is 0 Å². The number of nitrogens with zero attached hydrogens (tertiary/aromatic N) is 3. The molecular formula is C13H24N4. The zero-order valence-electron chi connectivity index (χ0n) is 11.4. The summed E-state index contributed by atoms with van der Waals surface area (Å²) in [6.07, 6.45) is 0.939. The highest BCUT2D eigenvalue weighted by Crippen LogP contribution is 2.14. The number of aryl methyl sites for hydroxylation is 2. The molecule has 0 saturated carbocycles. The van der Waals surface area contributed by atoms with Crippen molar-refractivity contribution in [3.8, 4) is 0 Å². The Morgan fingerprint density at radius 3 is 2.59 bits per heavy atom. The molecule has 0 spiro atoms. The molecule has 4 nitrogen and oxygen atoms in total. The minimum Gasteiger partial charge on any atom is -0.355 e. The van der Waals surface area contributed by atoms with E-state index in [1.165, 1.54) is 0 Å². The second-order valence-electron chi connectivity index (χ2n) is 4.75. The minimum absolute atomic E-state index is 0.599. The molecule has 0 bridgehead atoms. The van der Waals surface area contributed by atoms with Crippen molar-refractivity contribution in [2.75, 3.05) is 24.5 Å². The molecule has 1 rings (SSSR count). The van der Waals surface area contributed by atoms with E-state index in [2.05, 4.69) is 41.7 Å². The van der Waals surface area contributed by atoms with E-state index in [0.29, 0.717) is 12.5 Å². The van der Waals surface area contributed by atoms with Crippen LogP contribution in [0.5, 0.6) is 0 Å². The van der Waals surface area contributed by atoms with E-state index in [0.717, 1.165) is 36.8 Å². The van der Waals surface area contributed by atoms with Gasteiger partial charge in [0, 0.05) is 31.4 Å². The molecule has 0 aliphatic rings. The molecule has 1 aromatic rings. The first-order valence-corrected chi connectivity index (χ1v) is 6.36. The lowest BCUT2D eigenvalue weighted by Gasteiger charge is -2.25. The summed E-state index contributed by atoms with van der Waals surface area (Å²) in [5, 5.41) is 0. The summed E-state index contributed by atoms with van der Waals surface area (Å²) in [5.41, 5.74) is 6.76. The highest BCUT2D eigenvalue weighted by molar-refractivity contribution is 5.40. The van der Waals surface area contributed by atoms with Crippen molar-refractivity contribution >= 4 is 5.82 Å². The first-order chi connectivity index (χ1) is 8.06. The van der Waals surface area contributed by atoms with Gasteiger partial charge in [-0.05, 0) is 19.3 Å². The van der Waals surface area contributed by atoms with Gasteiger partial charge in [-0.1, -0.05) is 20.8 Å². The van der Waals surface area contributed by atoms with Crippen LogP contribution in [0.4, 0.5) is 5.82 Å². The number of rotatable bonds is 6. The van der Waals surface area contributed by atoms with Crippen molar-refractivity contribution in [1.29, 1.82) is 0 Å². The molecule has 0 aromatic carbocycles. The van der Waals surface area contributed by atoms with E-state index < -0.39 is 0 Å². The molecular weight excluding hydrogens is 212 g/mol. The van der Waals surface area contributed by atoms with Crippen molar-refractivity contribution in [2.24, 2.45) is 11.7 Å². The minimum atomic E-state index is 0.599. The summed E-state index contributed by atoms with van der Waals surface area (Å²) in [7, 11) is 0. The summed E-state index contributed by atoms with van der Waals surface area (Å²) in [5.74, 6) is 2.44. The van der Waals surface area contributed by atoms with Gasteiger partial charge in [0.05, 0.1) is 0 Å². The first kappa shape index (κ1) is 13.9. The largest absolute Gasteiger partial charge is 0.355 e. The van der Waals surface area contributed by atoms with Gasteiger partial charge in [-0.2, -0.15) is 0 Å². The smallest absolute Gasteiger partial charge is 0.132 e. The van der Waals surface area contributed by atoms with Crippen molar-refractivity contribution in [2.45, 2.75) is 34.1 Å². The molecule has 17 heavy (non-hydrogen) atoms. The summed E-state index contributed by atoms with van der Waals surface area (Å²) in [6, 6.07) is 2.07. The van der Waals surface area contributed by atoms with Crippen LogP contribution in [0, 0.1) is 12.8 Å². The van der Waals surface area contributed by atoms with Crippen LogP contribution in [0.15, 0.2) is 6.07 Å². The van der Waals surface area contributed by atoms with E-state index in [1.54, 1.807) is 0 Å². The summed E-state index contributed by atoms with van der Waals surface area (Å²) in [4.78, 5) is 11.2. The second kappa shape index (κ2) is 6.55. The van der Waals surface area contributed by atoms with Crippen molar-refractivity contribution in [3.05, 3.63) is 17.6 Å². The Bertz CT molecular complexity index is 349. The molecule has 0 atom stereocenters. The average Bonchev–Trinajstić information content (AvgIpc) is 2.27. The molecule has 1 aromatic heterocycles. The lowest BCUT2D eigenvalue weighted by molar-refractivity contribution is 0.605. The van der Waals surface area contributed by atoms with Crippen LogP contribution in [0.3, 0.4) is 0 Å². The van der Waals surface area contributed by atoms with Gasteiger partial charge in [0.2, 0.25) is 0 Å². The molecule has 0 saturated heterocycles. The number of aromatic nitrogens is 2. The topological polar surface area (TPSA) is 55.0 Å². The molecule has 4 heteroatoms. The fraction of sp³-hybridized carbons (Fsp3) is 0.692. The van der Waals surface area contributed by atoms with Crippen molar-refractivity contribution in [3.63, 3.8) is 0 Å². The molecule has 1 heterocycles. The zero-order valence-corrected chi connectivity index (χ0v) is 11.4. The predicted octanol–water partition coefficient (Wildman–Crippen LogP) is 1.77. The number of anilines is 1. The van der Waals surface area contributed by atoms with Crippen LogP contribution in [0.1, 0.15) is 32.3 Å². The lowest BCUT2D eigenvalue weighted by Crippen LogP contribution is -2.33. The highest BCUT2D eigenvalue weighted by atomic mass is 15.2. The summed E-state index contributed by atoms with van der Waals surface area (Å²) in [6.45, 7) is 10.9. The van der Waals surface area contributed by atoms with E-state index in [-0.39, 0.29) is 0 Å². The van der Waals surface area contributed by atoms with E-state index >= 15 is 0 Å². The summed E-state index contributed by atoms with van der Waals surface area (Å²) >= 11 is 0. The van der Waals surface area contributed by atoms with E-state index in [1.807, 2.05) is 6.92 Å². The molecule has 0 radical (unpaired) electrons. The van der Waals surface area contributed by atoms with Crippen LogP contribution in [0.25, 0.3) is 0 Å². The normalized spacial score (nSPS) is 10.9. The molecule has 0 fully saturated rings. The van der Waals surface area contributed by atoms with Crippen LogP contribution < -0.4 is 10.6 Å². The van der Waals surface area contributed by atoms with Crippen LogP contribution >= 0.6 is 0 Å². The highest BCUT2D eigenvalue weighted by Gasteiger charge is 2.11. The Hall–Kier alpha value is -1.16. The maximum absolute atomic E-state index is 5.67. The number of hydrogen-bond donors (Lipinski definition) is 1. The predicted molar refractivity (Wildman–Crippen MR) is 72.3 cm³/mol. The van der Waals surface area contributed by atoms with Crippen LogP contribution in [-0.2, 0) is 6.42 Å². The quantitative estimate of drug-likeness (QED) is 0.818. The molecule has 0 amide bonds. The van der Waals surface area contributed by atoms with E-state index in [4.69, 9.17) is 5.73 Å². The Morgan fingerprint density at radius 2 is 2.06 bits per heavy atom. The third-order valence-electron chi connectivity index (χ3n) is 2.55. The molecule has 2 N–H and O–H groups in total. The number of hydrogen-bond acceptors (Lipinski definition) is 4. The Balaban J connectivity index is 2.95. The van der Waals surface area contributed by atoms with Gasteiger partial charge < -0.3 is 10.6 Å². The monoisotopic (exact) mass is 236 g/mol. The number of nitrogens with two attached hydrogens (primary N) is 1. The lowest BCUT2D eigenvalue weighted by atomic mass is 10.2. The fourth-order valence-electron chi connectivity index (χ4n) is 1.85. The van der Waals surface area contributed by atoms with Gasteiger partial charge in [0.25, 0.3) is 0 Å². The standard InChI is InChI=1S/C13H24N4/c1-5-12-8-13(16-11(4)15-12)17(7-6-14)9-10(2)3/h8,10H,5-7,9,14H2,1-4H3. The van der Waals surface area contributed by atoms with Gasteiger partial charge in [0.1, 0.15) is 11.6 Å². The van der Waals surface area contributed by atoms with Gasteiger partial charge in [-0.15, -0.1) is 0 Å². The SMILES string of the molecule is CCc1cc(N(CCN)CC(C)C)nc(C)n1. The second-order valence-corrected chi connectivity index (χ2v) is 4.75.